The second-order valence-electron chi connectivity index (χ2n) is 18.2. The van der Waals surface area contributed by atoms with E-state index < -0.39 is 41.3 Å². The minimum absolute atomic E-state index is 0.00603. The molecular weight excluding hydrogens is 949 g/mol. The Morgan fingerprint density at radius 3 is 2.23 bits per heavy atom. The normalized spacial score (nSPS) is 17.3. The number of amides is 6. The number of nitrogens with zero attached hydrogens (tertiary/aromatic N) is 4. The van der Waals surface area contributed by atoms with Crippen LogP contribution in [0.2, 0.25) is 0 Å². The van der Waals surface area contributed by atoms with Gasteiger partial charge in [-0.2, -0.15) is 5.10 Å². The number of imide groups is 2. The highest BCUT2D eigenvalue weighted by molar-refractivity contribution is 6.23. The van der Waals surface area contributed by atoms with Crippen LogP contribution < -0.4 is 26.2 Å². The Hall–Kier alpha value is -7.33. The van der Waals surface area contributed by atoms with E-state index in [0.717, 1.165) is 35.1 Å². The molecule has 5 heterocycles. The van der Waals surface area contributed by atoms with Crippen LogP contribution in [0.25, 0.3) is 10.9 Å². The number of piperidine rings is 1. The lowest BCUT2D eigenvalue weighted by Crippen LogP contribution is -2.54. The summed E-state index contributed by atoms with van der Waals surface area (Å²) < 4.78 is 50.3. The van der Waals surface area contributed by atoms with E-state index in [4.69, 9.17) is 18.9 Å². The van der Waals surface area contributed by atoms with E-state index in [2.05, 4.69) is 36.4 Å². The summed E-state index contributed by atoms with van der Waals surface area (Å²) in [5, 5.41) is 19.9. The molecule has 4 aliphatic heterocycles. The molecule has 73 heavy (non-hydrogen) atoms. The lowest BCUT2D eigenvalue weighted by Gasteiger charge is -2.36. The number of halogens is 2. The van der Waals surface area contributed by atoms with Gasteiger partial charge in [0, 0.05) is 86.9 Å². The maximum atomic E-state index is 14.0. The van der Waals surface area contributed by atoms with Crippen LogP contribution >= 0.6 is 0 Å². The van der Waals surface area contributed by atoms with Crippen molar-refractivity contribution >= 4 is 69.2 Å². The van der Waals surface area contributed by atoms with Gasteiger partial charge in [0.15, 0.2) is 5.82 Å². The number of anilines is 4. The summed E-state index contributed by atoms with van der Waals surface area (Å²) in [5.41, 5.74) is 5.03. The molecule has 1 aromatic heterocycles. The van der Waals surface area contributed by atoms with Crippen LogP contribution in [0.15, 0.2) is 72.8 Å². The third-order valence-electron chi connectivity index (χ3n) is 13.2. The van der Waals surface area contributed by atoms with Crippen molar-refractivity contribution in [1.82, 2.24) is 25.3 Å². The fraction of sp³-hybridized carbons (Fsp3) is 0.404. The molecule has 21 heteroatoms. The van der Waals surface area contributed by atoms with Gasteiger partial charge in [-0.05, 0) is 97.5 Å². The standard InChI is InChI=1S/C52H57F2N9O10/c53-34-26-33(27-35(54)29-34)25-32-1-6-43-42(28-32)48(60-59-43)58-49(66)40-5-3-38(31-44(40)56-36-9-17-70-18-10-36)61-13-15-62(16-14-61)47(65)11-19-71-21-23-73-24-22-72-20-12-55-37-2-4-39-41(30-37)52(69)63(51(39)68)45-7-8-46(64)57-50(45)67/h1-6,26-31,36,45,55-56H,7-25H2,(H,57,64,67)(H2,58,59,60,66). The molecule has 0 saturated carbocycles. The zero-order valence-corrected chi connectivity index (χ0v) is 40.1. The van der Waals surface area contributed by atoms with E-state index in [9.17, 15) is 37.5 Å². The number of ether oxygens (including phenoxy) is 4. The van der Waals surface area contributed by atoms with Gasteiger partial charge < -0.3 is 44.7 Å². The molecule has 6 amide bonds. The minimum Gasteiger partial charge on any atom is -0.383 e. The average Bonchev–Trinajstić information content (AvgIpc) is 3.89. The number of hydrogen-bond donors (Lipinski definition) is 5. The average molecular weight is 1010 g/mol. The summed E-state index contributed by atoms with van der Waals surface area (Å²) in [4.78, 5) is 81.9. The molecule has 0 aliphatic carbocycles. The van der Waals surface area contributed by atoms with E-state index in [0.29, 0.717) is 118 Å². The number of aromatic nitrogens is 2. The van der Waals surface area contributed by atoms with Gasteiger partial charge in [-0.15, -0.1) is 0 Å². The van der Waals surface area contributed by atoms with Crippen molar-refractivity contribution in [2.24, 2.45) is 0 Å². The first-order chi connectivity index (χ1) is 35.5. The van der Waals surface area contributed by atoms with E-state index >= 15 is 0 Å². The molecule has 0 spiro atoms. The zero-order chi connectivity index (χ0) is 50.8. The smallest absolute Gasteiger partial charge is 0.262 e. The fourth-order valence-corrected chi connectivity index (χ4v) is 9.42. The summed E-state index contributed by atoms with van der Waals surface area (Å²) in [7, 11) is 0. The number of carbonyl (C=O) groups excluding carboxylic acids is 6. The number of rotatable bonds is 21. The number of fused-ring (bicyclic) bond motifs is 2. The van der Waals surface area contributed by atoms with Crippen molar-refractivity contribution in [3.8, 4) is 0 Å². The van der Waals surface area contributed by atoms with Crippen LogP contribution in [0, 0.1) is 11.6 Å². The number of piperazine rings is 1. The third-order valence-corrected chi connectivity index (χ3v) is 13.2. The first-order valence-corrected chi connectivity index (χ1v) is 24.5. The molecule has 1 atom stereocenters. The lowest BCUT2D eigenvalue weighted by molar-refractivity contribution is -0.136. The van der Waals surface area contributed by atoms with E-state index in [1.54, 1.807) is 24.3 Å². The first kappa shape index (κ1) is 50.6. The molecule has 3 fully saturated rings. The first-order valence-electron chi connectivity index (χ1n) is 24.5. The Labute approximate surface area is 419 Å². The molecule has 0 bridgehead atoms. The molecule has 5 aromatic rings. The second kappa shape index (κ2) is 23.5. The van der Waals surface area contributed by atoms with Crippen molar-refractivity contribution in [2.45, 2.75) is 50.6 Å². The van der Waals surface area contributed by atoms with E-state index in [1.807, 2.05) is 35.2 Å². The van der Waals surface area contributed by atoms with Crippen LogP contribution in [0.4, 0.5) is 31.7 Å². The highest BCUT2D eigenvalue weighted by Gasteiger charge is 2.44. The predicted octanol–water partition coefficient (Wildman–Crippen LogP) is 4.88. The molecule has 0 radical (unpaired) electrons. The molecule has 19 nitrogen and oxygen atoms in total. The van der Waals surface area contributed by atoms with Gasteiger partial charge in [-0.1, -0.05) is 6.07 Å². The van der Waals surface area contributed by atoms with E-state index in [-0.39, 0.29) is 61.3 Å². The summed E-state index contributed by atoms with van der Waals surface area (Å²) in [5.74, 6) is -3.52. The zero-order valence-electron chi connectivity index (χ0n) is 40.1. The van der Waals surface area contributed by atoms with Crippen molar-refractivity contribution in [3.05, 3.63) is 112 Å². The highest BCUT2D eigenvalue weighted by atomic mass is 19.1. The number of nitrogens with one attached hydrogen (secondary N) is 5. The Balaban J connectivity index is 0.671. The van der Waals surface area contributed by atoms with Gasteiger partial charge >= 0.3 is 0 Å². The van der Waals surface area contributed by atoms with Crippen molar-refractivity contribution in [3.63, 3.8) is 0 Å². The summed E-state index contributed by atoms with van der Waals surface area (Å²) >= 11 is 0. The highest BCUT2D eigenvalue weighted by Crippen LogP contribution is 2.32. The monoisotopic (exact) mass is 1010 g/mol. The van der Waals surface area contributed by atoms with Crippen molar-refractivity contribution in [2.75, 3.05) is 106 Å². The van der Waals surface area contributed by atoms with Gasteiger partial charge in [0.1, 0.15) is 17.7 Å². The van der Waals surface area contributed by atoms with Crippen molar-refractivity contribution in [1.29, 1.82) is 0 Å². The SMILES string of the molecule is O=C1CCC(N2C(=O)c3ccc(NCCOCCOCCOCCC(=O)N4CCN(c5ccc(C(=O)Nc6n[nH]c7ccc(Cc8cc(F)cc(F)c8)cc67)c(NC6CCOCC6)c5)CC4)cc3C2=O)C(=O)N1. The van der Waals surface area contributed by atoms with Crippen LogP contribution in [-0.2, 0) is 39.8 Å². The molecule has 4 aliphatic rings. The Morgan fingerprint density at radius 2 is 1.48 bits per heavy atom. The summed E-state index contributed by atoms with van der Waals surface area (Å²) in [6, 6.07) is 18.5. The Kier molecular flexibility index (Phi) is 16.3. The number of H-pyrrole nitrogens is 1. The quantitative estimate of drug-likeness (QED) is 0.0489. The van der Waals surface area contributed by atoms with Crippen LogP contribution in [0.1, 0.15) is 74.3 Å². The topological polar surface area (TPSA) is 226 Å². The van der Waals surface area contributed by atoms with E-state index in [1.165, 1.54) is 12.1 Å². The maximum absolute atomic E-state index is 14.0. The molecular formula is C52H57F2N9O10. The molecule has 1 unspecified atom stereocenters. The van der Waals surface area contributed by atoms with Crippen molar-refractivity contribution < 1.29 is 56.5 Å². The number of benzene rings is 4. The Morgan fingerprint density at radius 1 is 0.753 bits per heavy atom. The largest absolute Gasteiger partial charge is 0.383 e. The van der Waals surface area contributed by atoms with Gasteiger partial charge in [0.2, 0.25) is 17.7 Å². The molecule has 3 saturated heterocycles. The minimum atomic E-state index is -1.02. The Bertz CT molecular complexity index is 2850. The number of carbonyl (C=O) groups is 6. The molecule has 9 rings (SSSR count). The van der Waals surface area contributed by atoms with Crippen LogP contribution in [0.3, 0.4) is 0 Å². The van der Waals surface area contributed by atoms with Gasteiger partial charge in [0.25, 0.3) is 17.7 Å². The third kappa shape index (κ3) is 12.5. The number of aromatic amines is 1. The van der Waals surface area contributed by atoms with Gasteiger partial charge in [0.05, 0.1) is 68.3 Å². The fourth-order valence-electron chi connectivity index (χ4n) is 9.42. The van der Waals surface area contributed by atoms with Crippen LogP contribution in [-0.4, -0.2) is 153 Å². The molecule has 384 valence electrons. The summed E-state index contributed by atoms with van der Waals surface area (Å²) in [6.07, 6.45) is 2.25. The van der Waals surface area contributed by atoms with Crippen LogP contribution in [0.5, 0.6) is 0 Å². The van der Waals surface area contributed by atoms with Gasteiger partial charge in [-0.3, -0.25) is 44.1 Å². The second-order valence-corrected chi connectivity index (χ2v) is 18.2. The lowest BCUT2D eigenvalue weighted by atomic mass is 10.0. The summed E-state index contributed by atoms with van der Waals surface area (Å²) in [6.45, 7) is 5.89. The maximum Gasteiger partial charge on any atom is 0.262 e. The molecule has 5 N–H and O–H groups in total. The predicted molar refractivity (Wildman–Crippen MR) is 265 cm³/mol. The number of hydrogen-bond acceptors (Lipinski definition) is 14. The van der Waals surface area contributed by atoms with Gasteiger partial charge in [-0.25, -0.2) is 8.78 Å². The molecule has 4 aromatic carbocycles.